The largest absolute Gasteiger partial charge is 0.489 e. The van der Waals surface area contributed by atoms with Crippen LogP contribution < -0.4 is 4.74 Å². The number of hydrogen-bond acceptors (Lipinski definition) is 1. The highest BCUT2D eigenvalue weighted by Crippen LogP contribution is 2.49. The van der Waals surface area contributed by atoms with Crippen LogP contribution in [0.1, 0.15) is 52.0 Å². The van der Waals surface area contributed by atoms with Crippen molar-refractivity contribution >= 4 is 11.6 Å². The van der Waals surface area contributed by atoms with Gasteiger partial charge in [-0.15, -0.1) is 11.6 Å². The molecular weight excluding hydrogens is 244 g/mol. The van der Waals surface area contributed by atoms with Gasteiger partial charge < -0.3 is 4.74 Å². The highest BCUT2D eigenvalue weighted by Gasteiger charge is 2.51. The number of alkyl halides is 1. The van der Waals surface area contributed by atoms with Gasteiger partial charge in [0.15, 0.2) is 0 Å². The van der Waals surface area contributed by atoms with Crippen LogP contribution in [-0.4, -0.2) is 11.5 Å². The van der Waals surface area contributed by atoms with E-state index in [2.05, 4.69) is 45.9 Å². The summed E-state index contributed by atoms with van der Waals surface area (Å²) in [7, 11) is 0. The molecule has 2 rings (SSSR count). The summed E-state index contributed by atoms with van der Waals surface area (Å²) in [5.74, 6) is 1.52. The third-order valence-electron chi connectivity index (χ3n) is 4.44. The number of benzene rings is 1. The zero-order chi connectivity index (χ0) is 13.3. The molecule has 0 amide bonds. The van der Waals surface area contributed by atoms with Gasteiger partial charge in [-0.05, 0) is 24.0 Å². The molecule has 1 aliphatic rings. The molecule has 1 aromatic rings. The maximum absolute atomic E-state index is 6.34. The summed E-state index contributed by atoms with van der Waals surface area (Å²) in [6, 6.07) is 8.35. The van der Waals surface area contributed by atoms with Crippen molar-refractivity contribution in [2.45, 2.75) is 57.9 Å². The van der Waals surface area contributed by atoms with E-state index in [1.54, 1.807) is 0 Å². The molecule has 3 atom stereocenters. The number of halogens is 1. The van der Waals surface area contributed by atoms with Crippen LogP contribution >= 0.6 is 11.6 Å². The van der Waals surface area contributed by atoms with Crippen LogP contribution in [0.4, 0.5) is 0 Å². The smallest absolute Gasteiger partial charge is 0.123 e. The summed E-state index contributed by atoms with van der Waals surface area (Å²) in [6.07, 6.45) is 2.28. The van der Waals surface area contributed by atoms with Gasteiger partial charge in [-0.3, -0.25) is 0 Å². The maximum Gasteiger partial charge on any atom is 0.123 e. The lowest BCUT2D eigenvalue weighted by Gasteiger charge is -2.50. The van der Waals surface area contributed by atoms with Gasteiger partial charge in [0, 0.05) is 17.2 Å². The predicted octanol–water partition coefficient (Wildman–Crippen LogP) is 4.98. The van der Waals surface area contributed by atoms with Crippen LogP contribution in [0.3, 0.4) is 0 Å². The minimum absolute atomic E-state index is 0.117. The SMILES string of the molecule is CCC1(C)C(Cl)CC1Oc1ccccc1C(C)C. The van der Waals surface area contributed by atoms with Crippen LogP contribution in [0, 0.1) is 5.41 Å². The fraction of sp³-hybridized carbons (Fsp3) is 0.625. The van der Waals surface area contributed by atoms with E-state index in [9.17, 15) is 0 Å². The first-order valence-corrected chi connectivity index (χ1v) is 7.32. The van der Waals surface area contributed by atoms with Gasteiger partial charge in [0.05, 0.1) is 0 Å². The third kappa shape index (κ3) is 2.25. The molecule has 1 aliphatic carbocycles. The Kier molecular flexibility index (Phi) is 3.91. The Balaban J connectivity index is 2.16. The second kappa shape index (κ2) is 5.13. The van der Waals surface area contributed by atoms with E-state index in [1.165, 1.54) is 5.56 Å². The average molecular weight is 267 g/mol. The number of hydrogen-bond donors (Lipinski definition) is 0. The van der Waals surface area contributed by atoms with Crippen LogP contribution in [0.5, 0.6) is 5.75 Å². The summed E-state index contributed by atoms with van der Waals surface area (Å²) < 4.78 is 6.24. The molecule has 0 heterocycles. The number of ether oxygens (including phenoxy) is 1. The maximum atomic E-state index is 6.34. The van der Waals surface area contributed by atoms with Gasteiger partial charge in [0.2, 0.25) is 0 Å². The van der Waals surface area contributed by atoms with Crippen LogP contribution in [0.2, 0.25) is 0 Å². The van der Waals surface area contributed by atoms with Gasteiger partial charge in [0.1, 0.15) is 11.9 Å². The highest BCUT2D eigenvalue weighted by atomic mass is 35.5. The summed E-state index contributed by atoms with van der Waals surface area (Å²) in [6.45, 7) is 8.83. The Morgan fingerprint density at radius 2 is 2.06 bits per heavy atom. The van der Waals surface area contributed by atoms with Gasteiger partial charge in [0.25, 0.3) is 0 Å². The zero-order valence-electron chi connectivity index (χ0n) is 11.7. The molecule has 0 N–H and O–H groups in total. The Hall–Kier alpha value is -0.690. The van der Waals surface area contributed by atoms with Crippen molar-refractivity contribution in [3.8, 4) is 5.75 Å². The van der Waals surface area contributed by atoms with Crippen molar-refractivity contribution in [3.63, 3.8) is 0 Å². The number of rotatable bonds is 4. The van der Waals surface area contributed by atoms with E-state index in [1.807, 2.05) is 6.07 Å². The van der Waals surface area contributed by atoms with Gasteiger partial charge >= 0.3 is 0 Å². The Labute approximate surface area is 115 Å². The monoisotopic (exact) mass is 266 g/mol. The van der Waals surface area contributed by atoms with E-state index in [-0.39, 0.29) is 16.9 Å². The van der Waals surface area contributed by atoms with Gasteiger partial charge in [-0.1, -0.05) is 45.9 Å². The molecule has 0 saturated heterocycles. The predicted molar refractivity (Wildman–Crippen MR) is 77.6 cm³/mol. The van der Waals surface area contributed by atoms with Crippen LogP contribution in [-0.2, 0) is 0 Å². The fourth-order valence-corrected chi connectivity index (χ4v) is 3.07. The Morgan fingerprint density at radius 3 is 2.61 bits per heavy atom. The fourth-order valence-electron chi connectivity index (χ4n) is 2.62. The summed E-state index contributed by atoms with van der Waals surface area (Å²) in [5.41, 5.74) is 1.40. The molecule has 100 valence electrons. The van der Waals surface area contributed by atoms with E-state index >= 15 is 0 Å². The lowest BCUT2D eigenvalue weighted by atomic mass is 9.65. The second-order valence-electron chi connectivity index (χ2n) is 5.86. The molecule has 2 heteroatoms. The van der Waals surface area contributed by atoms with Crippen molar-refractivity contribution < 1.29 is 4.74 Å². The molecule has 1 fully saturated rings. The van der Waals surface area contributed by atoms with Crippen molar-refractivity contribution in [1.82, 2.24) is 0 Å². The average Bonchev–Trinajstić information content (AvgIpc) is 2.37. The highest BCUT2D eigenvalue weighted by molar-refractivity contribution is 6.21. The molecule has 0 radical (unpaired) electrons. The van der Waals surface area contributed by atoms with Gasteiger partial charge in [-0.25, -0.2) is 0 Å². The zero-order valence-corrected chi connectivity index (χ0v) is 12.5. The lowest BCUT2D eigenvalue weighted by Crippen LogP contribution is -2.55. The molecule has 3 unspecified atom stereocenters. The molecule has 1 saturated carbocycles. The summed E-state index contributed by atoms with van der Waals surface area (Å²) in [4.78, 5) is 0. The Bertz CT molecular complexity index is 415. The first-order valence-electron chi connectivity index (χ1n) is 6.88. The van der Waals surface area contributed by atoms with Crippen molar-refractivity contribution in [3.05, 3.63) is 29.8 Å². The van der Waals surface area contributed by atoms with Gasteiger partial charge in [-0.2, -0.15) is 0 Å². The first kappa shape index (κ1) is 13.7. The molecule has 1 aromatic carbocycles. The molecule has 0 aliphatic heterocycles. The quantitative estimate of drug-likeness (QED) is 0.698. The van der Waals surface area contributed by atoms with Crippen LogP contribution in [0.25, 0.3) is 0 Å². The summed E-state index contributed by atoms with van der Waals surface area (Å²) >= 11 is 6.34. The van der Waals surface area contributed by atoms with Crippen molar-refractivity contribution in [1.29, 1.82) is 0 Å². The lowest BCUT2D eigenvalue weighted by molar-refractivity contribution is -0.0301. The number of para-hydroxylation sites is 1. The molecule has 18 heavy (non-hydrogen) atoms. The molecular formula is C16H23ClO. The van der Waals surface area contributed by atoms with E-state index in [4.69, 9.17) is 16.3 Å². The summed E-state index contributed by atoms with van der Waals surface area (Å²) in [5, 5.41) is 0.249. The minimum Gasteiger partial charge on any atom is -0.489 e. The normalized spacial score (nSPS) is 31.2. The standard InChI is InChI=1S/C16H23ClO/c1-5-16(4)14(17)10-15(16)18-13-9-7-6-8-12(13)11(2)3/h6-9,11,14-15H,5,10H2,1-4H3. The van der Waals surface area contributed by atoms with E-state index in [0.29, 0.717) is 5.92 Å². The molecule has 0 aromatic heterocycles. The first-order chi connectivity index (χ1) is 8.49. The molecule has 1 nitrogen and oxygen atoms in total. The molecule has 0 spiro atoms. The second-order valence-corrected chi connectivity index (χ2v) is 6.39. The third-order valence-corrected chi connectivity index (χ3v) is 5.12. The van der Waals surface area contributed by atoms with E-state index in [0.717, 1.165) is 18.6 Å². The van der Waals surface area contributed by atoms with Crippen molar-refractivity contribution in [2.75, 3.05) is 0 Å². The Morgan fingerprint density at radius 1 is 1.39 bits per heavy atom. The van der Waals surface area contributed by atoms with E-state index < -0.39 is 0 Å². The van der Waals surface area contributed by atoms with Crippen LogP contribution in [0.15, 0.2) is 24.3 Å². The molecule has 0 bridgehead atoms. The van der Waals surface area contributed by atoms with Crippen molar-refractivity contribution in [2.24, 2.45) is 5.41 Å². The minimum atomic E-state index is 0.117. The topological polar surface area (TPSA) is 9.23 Å².